The summed E-state index contributed by atoms with van der Waals surface area (Å²) in [5.41, 5.74) is 7.75. The third-order valence-corrected chi connectivity index (χ3v) is 3.33. The summed E-state index contributed by atoms with van der Waals surface area (Å²) >= 11 is 0. The van der Waals surface area contributed by atoms with Crippen molar-refractivity contribution in [2.24, 2.45) is 5.11 Å². The van der Waals surface area contributed by atoms with Crippen LogP contribution in [0.2, 0.25) is 0 Å². The topological polar surface area (TPSA) is 87.8 Å². The average molecular weight is 236 g/mol. The summed E-state index contributed by atoms with van der Waals surface area (Å²) in [5.74, 6) is 0. The van der Waals surface area contributed by atoms with E-state index in [-0.39, 0.29) is 0 Å². The number of nitrogens with zero attached hydrogens (tertiary/aromatic N) is 5. The lowest BCUT2D eigenvalue weighted by Crippen LogP contribution is -2.54. The van der Waals surface area contributed by atoms with Gasteiger partial charge in [0.15, 0.2) is 0 Å². The summed E-state index contributed by atoms with van der Waals surface area (Å²) in [6.45, 7) is 7.20. The maximum Gasteiger partial charge on any atom is 0.109 e. The van der Waals surface area contributed by atoms with Crippen molar-refractivity contribution >= 4 is 0 Å². The zero-order valence-electron chi connectivity index (χ0n) is 10.6. The number of rotatable bonds is 5. The van der Waals surface area contributed by atoms with Gasteiger partial charge in [-0.15, -0.1) is 0 Å². The minimum absolute atomic E-state index is 0.397. The summed E-state index contributed by atoms with van der Waals surface area (Å²) in [7, 11) is 0. The molecule has 1 rings (SSSR count). The standard InChI is InChI=1S/C11H20N6/c1-10(2)17-7-3-11(9-12,4-8-17)14-5-6-15-16-13/h10,14H,3-8H2,1-2H3. The molecule has 0 aliphatic carbocycles. The Labute approximate surface area is 102 Å². The van der Waals surface area contributed by atoms with Crippen molar-refractivity contribution in [3.63, 3.8) is 0 Å². The zero-order chi connectivity index (χ0) is 12.7. The Morgan fingerprint density at radius 1 is 1.53 bits per heavy atom. The predicted molar refractivity (Wildman–Crippen MR) is 66.3 cm³/mol. The Balaban J connectivity index is 2.44. The Morgan fingerprint density at radius 3 is 2.65 bits per heavy atom. The minimum atomic E-state index is -0.434. The van der Waals surface area contributed by atoms with Gasteiger partial charge in [-0.25, -0.2) is 0 Å². The predicted octanol–water partition coefficient (Wildman–Crippen LogP) is 1.65. The molecule has 0 amide bonds. The Morgan fingerprint density at radius 2 is 2.18 bits per heavy atom. The lowest BCUT2D eigenvalue weighted by Gasteiger charge is -2.39. The first-order valence-electron chi connectivity index (χ1n) is 6.05. The highest BCUT2D eigenvalue weighted by Crippen LogP contribution is 2.22. The molecule has 0 unspecified atom stereocenters. The van der Waals surface area contributed by atoms with Gasteiger partial charge in [0.05, 0.1) is 6.07 Å². The number of nitriles is 1. The van der Waals surface area contributed by atoms with Gasteiger partial charge in [-0.2, -0.15) is 5.26 Å². The van der Waals surface area contributed by atoms with Crippen molar-refractivity contribution in [2.45, 2.75) is 38.3 Å². The van der Waals surface area contributed by atoms with Crippen LogP contribution in [0.1, 0.15) is 26.7 Å². The van der Waals surface area contributed by atoms with Gasteiger partial charge in [-0.05, 0) is 32.2 Å². The molecule has 17 heavy (non-hydrogen) atoms. The van der Waals surface area contributed by atoms with Crippen LogP contribution in [0.15, 0.2) is 5.11 Å². The van der Waals surface area contributed by atoms with Crippen LogP contribution < -0.4 is 5.32 Å². The van der Waals surface area contributed by atoms with Gasteiger partial charge in [0, 0.05) is 37.1 Å². The van der Waals surface area contributed by atoms with Crippen LogP contribution >= 0.6 is 0 Å². The fourth-order valence-electron chi connectivity index (χ4n) is 2.14. The molecule has 0 spiro atoms. The second-order valence-corrected chi connectivity index (χ2v) is 4.70. The fourth-order valence-corrected chi connectivity index (χ4v) is 2.14. The summed E-state index contributed by atoms with van der Waals surface area (Å²) in [4.78, 5) is 5.08. The van der Waals surface area contributed by atoms with Crippen LogP contribution in [-0.2, 0) is 0 Å². The molecule has 0 aromatic carbocycles. The third-order valence-electron chi connectivity index (χ3n) is 3.33. The van der Waals surface area contributed by atoms with E-state index in [9.17, 15) is 5.26 Å². The van der Waals surface area contributed by atoms with Crippen LogP contribution in [0.5, 0.6) is 0 Å². The smallest absolute Gasteiger partial charge is 0.109 e. The zero-order valence-corrected chi connectivity index (χ0v) is 10.6. The number of piperidine rings is 1. The molecule has 0 aromatic heterocycles. The molecule has 94 valence electrons. The van der Waals surface area contributed by atoms with E-state index in [1.165, 1.54) is 0 Å². The summed E-state index contributed by atoms with van der Waals surface area (Å²) in [6.07, 6.45) is 1.66. The van der Waals surface area contributed by atoms with E-state index >= 15 is 0 Å². The van der Waals surface area contributed by atoms with Crippen LogP contribution in [-0.4, -0.2) is 42.7 Å². The average Bonchev–Trinajstić information content (AvgIpc) is 2.35. The van der Waals surface area contributed by atoms with Crippen molar-refractivity contribution in [1.82, 2.24) is 10.2 Å². The third kappa shape index (κ3) is 3.90. The van der Waals surface area contributed by atoms with Crippen LogP contribution in [0.25, 0.3) is 10.4 Å². The van der Waals surface area contributed by atoms with Crippen LogP contribution in [0.3, 0.4) is 0 Å². The largest absolute Gasteiger partial charge is 0.301 e. The van der Waals surface area contributed by atoms with Gasteiger partial charge in [0.2, 0.25) is 0 Å². The van der Waals surface area contributed by atoms with Crippen LogP contribution in [0, 0.1) is 11.3 Å². The first kappa shape index (κ1) is 13.8. The molecule has 6 heteroatoms. The highest BCUT2D eigenvalue weighted by molar-refractivity contribution is 5.09. The molecular weight excluding hydrogens is 216 g/mol. The Bertz CT molecular complexity index is 317. The SMILES string of the molecule is CC(C)N1CCC(C#N)(NCCN=[N+]=[N-])CC1. The molecule has 0 atom stereocenters. The number of hydrogen-bond donors (Lipinski definition) is 1. The van der Waals surface area contributed by atoms with Crippen molar-refractivity contribution in [3.05, 3.63) is 10.4 Å². The van der Waals surface area contributed by atoms with Gasteiger partial charge in [0.1, 0.15) is 5.54 Å². The Hall–Kier alpha value is -1.28. The van der Waals surface area contributed by atoms with Crippen molar-refractivity contribution < 1.29 is 0 Å². The number of hydrogen-bond acceptors (Lipinski definition) is 4. The van der Waals surface area contributed by atoms with E-state index in [4.69, 9.17) is 5.53 Å². The highest BCUT2D eigenvalue weighted by atomic mass is 15.2. The molecule has 1 fully saturated rings. The normalized spacial score (nSPS) is 19.6. The monoisotopic (exact) mass is 236 g/mol. The number of azide groups is 1. The maximum absolute atomic E-state index is 9.29. The van der Waals surface area contributed by atoms with Gasteiger partial charge in [-0.3, -0.25) is 5.32 Å². The molecular formula is C11H20N6. The van der Waals surface area contributed by atoms with Crippen LogP contribution in [0.4, 0.5) is 0 Å². The maximum atomic E-state index is 9.29. The van der Waals surface area contributed by atoms with Gasteiger partial charge in [-0.1, -0.05) is 5.11 Å². The molecule has 0 aromatic rings. The van der Waals surface area contributed by atoms with Gasteiger partial charge in [0.25, 0.3) is 0 Å². The van der Waals surface area contributed by atoms with E-state index in [2.05, 4.69) is 40.2 Å². The Kier molecular flexibility index (Phi) is 5.23. The summed E-state index contributed by atoms with van der Waals surface area (Å²) in [6, 6.07) is 2.92. The lowest BCUT2D eigenvalue weighted by molar-refractivity contribution is 0.137. The van der Waals surface area contributed by atoms with Crippen molar-refractivity contribution in [1.29, 1.82) is 5.26 Å². The van der Waals surface area contributed by atoms with Crippen molar-refractivity contribution in [3.8, 4) is 6.07 Å². The second-order valence-electron chi connectivity index (χ2n) is 4.70. The first-order valence-corrected chi connectivity index (χ1v) is 6.05. The van der Waals surface area contributed by atoms with E-state index < -0.39 is 5.54 Å². The highest BCUT2D eigenvalue weighted by Gasteiger charge is 2.34. The molecule has 0 radical (unpaired) electrons. The molecule has 1 heterocycles. The summed E-state index contributed by atoms with van der Waals surface area (Å²) in [5, 5.41) is 16.0. The molecule has 6 nitrogen and oxygen atoms in total. The molecule has 1 aliphatic heterocycles. The van der Waals surface area contributed by atoms with Crippen molar-refractivity contribution in [2.75, 3.05) is 26.2 Å². The quantitative estimate of drug-likeness (QED) is 0.341. The van der Waals surface area contributed by atoms with Gasteiger partial charge < -0.3 is 4.90 Å². The van der Waals surface area contributed by atoms with Gasteiger partial charge >= 0.3 is 0 Å². The van der Waals surface area contributed by atoms with E-state index in [0.29, 0.717) is 19.1 Å². The second kappa shape index (κ2) is 6.45. The molecule has 0 saturated carbocycles. The van der Waals surface area contributed by atoms with E-state index in [1.54, 1.807) is 0 Å². The molecule has 0 bridgehead atoms. The first-order chi connectivity index (χ1) is 8.13. The number of likely N-dealkylation sites (tertiary alicyclic amines) is 1. The molecule has 1 saturated heterocycles. The van der Waals surface area contributed by atoms with E-state index in [1.807, 2.05) is 0 Å². The lowest BCUT2D eigenvalue weighted by atomic mass is 9.88. The number of nitrogens with one attached hydrogen (secondary N) is 1. The van der Waals surface area contributed by atoms with E-state index in [0.717, 1.165) is 25.9 Å². The molecule has 1 N–H and O–H groups in total. The summed E-state index contributed by atoms with van der Waals surface area (Å²) < 4.78 is 0. The molecule has 1 aliphatic rings. The minimum Gasteiger partial charge on any atom is -0.301 e. The fraction of sp³-hybridized carbons (Fsp3) is 0.909.